The van der Waals surface area contributed by atoms with Gasteiger partial charge in [0.1, 0.15) is 18.2 Å². The number of nitriles is 1. The molecule has 5 rings (SSSR count). The molecule has 2 atom stereocenters. The van der Waals surface area contributed by atoms with Crippen molar-refractivity contribution in [2.24, 2.45) is 5.73 Å². The first-order valence-electron chi connectivity index (χ1n) is 11.0. The molecule has 0 bridgehead atoms. The van der Waals surface area contributed by atoms with Crippen molar-refractivity contribution < 1.29 is 9.53 Å². The van der Waals surface area contributed by atoms with Crippen LogP contribution in [0.3, 0.4) is 0 Å². The van der Waals surface area contributed by atoms with Gasteiger partial charge >= 0.3 is 0 Å². The molecule has 3 aromatic rings. The Morgan fingerprint density at radius 1 is 1.38 bits per heavy atom. The molecule has 2 aliphatic rings. The fraction of sp³-hybridized carbons (Fsp3) is 0.375. The van der Waals surface area contributed by atoms with E-state index in [0.717, 1.165) is 47.1 Å². The standard InChI is InChI=1S/C24H26N6O2/c1-14-7-5-6-10-30(14)20(31)13-29-12-18(16-8-3-4-9-19(16)29)22-17(11-25)23(26)32-24-21(22)15(2)27-28-24/h3-4,8-9,12,14,22H,5-7,10,13,26H2,1-2H3,(H,27,28). The van der Waals surface area contributed by atoms with Crippen molar-refractivity contribution in [2.75, 3.05) is 6.54 Å². The molecule has 32 heavy (non-hydrogen) atoms. The molecule has 8 heteroatoms. The van der Waals surface area contributed by atoms with Gasteiger partial charge in [-0.25, -0.2) is 0 Å². The summed E-state index contributed by atoms with van der Waals surface area (Å²) in [5.41, 5.74) is 9.93. The van der Waals surface area contributed by atoms with Crippen molar-refractivity contribution in [1.82, 2.24) is 19.7 Å². The summed E-state index contributed by atoms with van der Waals surface area (Å²) in [6.07, 6.45) is 5.24. The second kappa shape index (κ2) is 7.75. The molecule has 1 aromatic carbocycles. The first kappa shape index (κ1) is 20.2. The summed E-state index contributed by atoms with van der Waals surface area (Å²) >= 11 is 0. The number of H-pyrrole nitrogens is 1. The third kappa shape index (κ3) is 3.12. The highest BCUT2D eigenvalue weighted by molar-refractivity contribution is 5.88. The van der Waals surface area contributed by atoms with E-state index < -0.39 is 5.92 Å². The van der Waals surface area contributed by atoms with E-state index in [1.165, 1.54) is 6.42 Å². The molecule has 1 amide bonds. The summed E-state index contributed by atoms with van der Waals surface area (Å²) in [5, 5.41) is 18.0. The number of aromatic nitrogens is 3. The first-order valence-corrected chi connectivity index (χ1v) is 11.0. The highest BCUT2D eigenvalue weighted by Crippen LogP contribution is 2.45. The molecule has 2 unspecified atom stereocenters. The minimum Gasteiger partial charge on any atom is -0.420 e. The van der Waals surface area contributed by atoms with Crippen LogP contribution >= 0.6 is 0 Å². The number of aryl methyl sites for hydroxylation is 1. The maximum Gasteiger partial charge on any atom is 0.244 e. The number of nitrogens with two attached hydrogens (primary N) is 1. The zero-order chi connectivity index (χ0) is 22.4. The molecule has 3 N–H and O–H groups in total. The predicted octanol–water partition coefficient (Wildman–Crippen LogP) is 3.29. The number of hydrogen-bond donors (Lipinski definition) is 2. The number of carbonyl (C=O) groups is 1. The minimum atomic E-state index is -0.419. The molecule has 0 saturated carbocycles. The Kier molecular flexibility index (Phi) is 4.89. The summed E-state index contributed by atoms with van der Waals surface area (Å²) in [4.78, 5) is 15.2. The van der Waals surface area contributed by atoms with E-state index in [4.69, 9.17) is 10.5 Å². The zero-order valence-corrected chi connectivity index (χ0v) is 18.3. The maximum atomic E-state index is 13.2. The molecule has 2 aromatic heterocycles. The lowest BCUT2D eigenvalue weighted by atomic mass is 9.84. The van der Waals surface area contributed by atoms with E-state index in [9.17, 15) is 10.1 Å². The smallest absolute Gasteiger partial charge is 0.244 e. The molecular weight excluding hydrogens is 404 g/mol. The molecular formula is C24H26N6O2. The number of nitrogens with one attached hydrogen (secondary N) is 1. The number of benzene rings is 1. The Hall–Kier alpha value is -3.73. The van der Waals surface area contributed by atoms with E-state index >= 15 is 0 Å². The molecule has 1 saturated heterocycles. The molecule has 0 aliphatic carbocycles. The Morgan fingerprint density at radius 2 is 2.19 bits per heavy atom. The number of rotatable bonds is 3. The minimum absolute atomic E-state index is 0.0616. The average Bonchev–Trinajstić information content (AvgIpc) is 3.33. The van der Waals surface area contributed by atoms with Crippen molar-refractivity contribution in [3.8, 4) is 11.9 Å². The van der Waals surface area contributed by atoms with E-state index in [1.807, 2.05) is 46.9 Å². The fourth-order valence-corrected chi connectivity index (χ4v) is 5.05. The van der Waals surface area contributed by atoms with Gasteiger partial charge in [0, 0.05) is 40.9 Å². The molecule has 0 spiro atoms. The van der Waals surface area contributed by atoms with Crippen molar-refractivity contribution in [1.29, 1.82) is 5.26 Å². The number of fused-ring (bicyclic) bond motifs is 2. The van der Waals surface area contributed by atoms with E-state index in [-0.39, 0.29) is 24.4 Å². The number of amides is 1. The van der Waals surface area contributed by atoms with Crippen LogP contribution in [0.4, 0.5) is 0 Å². The highest BCUT2D eigenvalue weighted by Gasteiger charge is 2.36. The predicted molar refractivity (Wildman–Crippen MR) is 120 cm³/mol. The number of ether oxygens (including phenoxy) is 1. The van der Waals surface area contributed by atoms with Crippen LogP contribution in [0, 0.1) is 18.3 Å². The number of nitrogens with zero attached hydrogens (tertiary/aromatic N) is 4. The SMILES string of the molecule is Cc1[nH]nc2c1C(c1cn(CC(=O)N3CCCCC3C)c3ccccc13)C(C#N)=C(N)O2. The van der Waals surface area contributed by atoms with E-state index in [1.54, 1.807) is 0 Å². The van der Waals surface area contributed by atoms with Crippen LogP contribution in [0.1, 0.15) is 48.9 Å². The lowest BCUT2D eigenvalue weighted by molar-refractivity contribution is -0.135. The Morgan fingerprint density at radius 3 is 2.97 bits per heavy atom. The number of allylic oxidation sites excluding steroid dienone is 1. The monoisotopic (exact) mass is 430 g/mol. The zero-order valence-electron chi connectivity index (χ0n) is 18.3. The van der Waals surface area contributed by atoms with Gasteiger partial charge in [-0.3, -0.25) is 9.89 Å². The number of aromatic amines is 1. The van der Waals surface area contributed by atoms with Crippen LogP contribution in [-0.4, -0.2) is 38.2 Å². The van der Waals surface area contributed by atoms with Crippen molar-refractivity contribution in [2.45, 2.75) is 51.6 Å². The van der Waals surface area contributed by atoms with Gasteiger partial charge in [-0.2, -0.15) is 5.26 Å². The van der Waals surface area contributed by atoms with E-state index in [0.29, 0.717) is 11.5 Å². The van der Waals surface area contributed by atoms with Gasteiger partial charge in [0.2, 0.25) is 17.7 Å². The molecule has 0 radical (unpaired) electrons. The molecule has 1 fully saturated rings. The first-order chi connectivity index (χ1) is 15.5. The lowest BCUT2D eigenvalue weighted by Crippen LogP contribution is -2.43. The summed E-state index contributed by atoms with van der Waals surface area (Å²) < 4.78 is 7.60. The molecule has 2 aliphatic heterocycles. The second-order valence-corrected chi connectivity index (χ2v) is 8.65. The van der Waals surface area contributed by atoms with Crippen molar-refractivity contribution in [3.05, 3.63) is 58.7 Å². The van der Waals surface area contributed by atoms with Crippen LogP contribution < -0.4 is 10.5 Å². The number of para-hydroxylation sites is 1. The third-order valence-electron chi connectivity index (χ3n) is 6.69. The van der Waals surface area contributed by atoms with Gasteiger partial charge in [0.05, 0.1) is 5.92 Å². The quantitative estimate of drug-likeness (QED) is 0.662. The lowest BCUT2D eigenvalue weighted by Gasteiger charge is -2.33. The van der Waals surface area contributed by atoms with Crippen LogP contribution in [0.2, 0.25) is 0 Å². The van der Waals surface area contributed by atoms with Gasteiger partial charge in [0.25, 0.3) is 0 Å². The summed E-state index contributed by atoms with van der Waals surface area (Å²) in [7, 11) is 0. The molecule has 4 heterocycles. The summed E-state index contributed by atoms with van der Waals surface area (Å²) in [6.45, 7) is 5.08. The fourth-order valence-electron chi connectivity index (χ4n) is 5.05. The molecule has 8 nitrogen and oxygen atoms in total. The Balaban J connectivity index is 1.61. The summed E-state index contributed by atoms with van der Waals surface area (Å²) in [5.74, 6) is 0.149. The topological polar surface area (TPSA) is 113 Å². The number of hydrogen-bond acceptors (Lipinski definition) is 5. The van der Waals surface area contributed by atoms with Gasteiger partial charge in [0.15, 0.2) is 0 Å². The summed E-state index contributed by atoms with van der Waals surface area (Å²) in [6, 6.07) is 10.5. The van der Waals surface area contributed by atoms with Gasteiger partial charge < -0.3 is 19.9 Å². The number of piperidine rings is 1. The normalized spacial score (nSPS) is 20.7. The molecule has 164 valence electrons. The third-order valence-corrected chi connectivity index (χ3v) is 6.69. The van der Waals surface area contributed by atoms with Crippen LogP contribution in [0.5, 0.6) is 5.88 Å². The van der Waals surface area contributed by atoms with Crippen molar-refractivity contribution in [3.63, 3.8) is 0 Å². The highest BCUT2D eigenvalue weighted by atomic mass is 16.5. The van der Waals surface area contributed by atoms with Gasteiger partial charge in [-0.1, -0.05) is 18.2 Å². The van der Waals surface area contributed by atoms with E-state index in [2.05, 4.69) is 23.2 Å². The largest absolute Gasteiger partial charge is 0.420 e. The number of carbonyl (C=O) groups excluding carboxylic acids is 1. The number of likely N-dealkylation sites (tertiary alicyclic amines) is 1. The van der Waals surface area contributed by atoms with Crippen LogP contribution in [-0.2, 0) is 11.3 Å². The maximum absolute atomic E-state index is 13.2. The second-order valence-electron chi connectivity index (χ2n) is 8.65. The van der Waals surface area contributed by atoms with Crippen LogP contribution in [0.25, 0.3) is 10.9 Å². The average molecular weight is 431 g/mol. The Labute approximate surface area is 186 Å². The van der Waals surface area contributed by atoms with Crippen LogP contribution in [0.15, 0.2) is 41.9 Å². The van der Waals surface area contributed by atoms with Gasteiger partial charge in [-0.15, -0.1) is 5.10 Å². The van der Waals surface area contributed by atoms with Crippen molar-refractivity contribution >= 4 is 16.8 Å². The Bertz CT molecular complexity index is 1280. The van der Waals surface area contributed by atoms with Gasteiger partial charge in [-0.05, 0) is 44.7 Å².